The summed E-state index contributed by atoms with van der Waals surface area (Å²) in [6.45, 7) is 5.92. The maximum absolute atomic E-state index is 5.86. The van der Waals surface area contributed by atoms with Gasteiger partial charge in [-0.3, -0.25) is 9.88 Å². The molecule has 2 saturated heterocycles. The molecule has 0 radical (unpaired) electrons. The van der Waals surface area contributed by atoms with Crippen molar-refractivity contribution in [1.82, 2.24) is 19.9 Å². The zero-order valence-corrected chi connectivity index (χ0v) is 19.4. The number of hydrogen-bond donors (Lipinski definition) is 0. The van der Waals surface area contributed by atoms with Crippen molar-refractivity contribution < 1.29 is 4.74 Å². The highest BCUT2D eigenvalue weighted by Gasteiger charge is 2.26. The molecule has 2 fully saturated rings. The SMILES string of the molecule is c1ccc(-c2csc3nc(-c4cccnc4)nc(N4CCN(CC5CCCO5)CC4)c23)cc1. The normalized spacial score (nSPS) is 19.4. The van der Waals surface area contributed by atoms with E-state index in [2.05, 4.69) is 50.5 Å². The molecule has 1 unspecified atom stereocenters. The zero-order chi connectivity index (χ0) is 22.0. The van der Waals surface area contributed by atoms with Crippen LogP contribution in [0.15, 0.2) is 60.2 Å². The largest absolute Gasteiger partial charge is 0.377 e. The summed E-state index contributed by atoms with van der Waals surface area (Å²) in [4.78, 5) is 20.4. The first-order valence-corrected chi connectivity index (χ1v) is 12.6. The topological polar surface area (TPSA) is 54.4 Å². The fraction of sp³-hybridized carbons (Fsp3) is 0.346. The smallest absolute Gasteiger partial charge is 0.164 e. The minimum atomic E-state index is 0.404. The van der Waals surface area contributed by atoms with Gasteiger partial charge in [0.05, 0.1) is 11.5 Å². The molecule has 0 bridgehead atoms. The van der Waals surface area contributed by atoms with Crippen LogP contribution >= 0.6 is 11.3 Å². The number of pyridine rings is 1. The maximum Gasteiger partial charge on any atom is 0.164 e. The van der Waals surface area contributed by atoms with Crippen molar-refractivity contribution >= 4 is 27.4 Å². The molecule has 6 nitrogen and oxygen atoms in total. The quantitative estimate of drug-likeness (QED) is 0.432. The van der Waals surface area contributed by atoms with Crippen LogP contribution in [0.2, 0.25) is 0 Å². The number of ether oxygens (including phenoxy) is 1. The van der Waals surface area contributed by atoms with Crippen LogP contribution in [-0.4, -0.2) is 65.3 Å². The van der Waals surface area contributed by atoms with E-state index >= 15 is 0 Å². The van der Waals surface area contributed by atoms with E-state index in [9.17, 15) is 0 Å². The van der Waals surface area contributed by atoms with Crippen LogP contribution in [-0.2, 0) is 4.74 Å². The van der Waals surface area contributed by atoms with Gasteiger partial charge in [0.25, 0.3) is 0 Å². The van der Waals surface area contributed by atoms with Gasteiger partial charge in [0.1, 0.15) is 10.6 Å². The van der Waals surface area contributed by atoms with Crippen LogP contribution in [0.25, 0.3) is 32.7 Å². The van der Waals surface area contributed by atoms with Gasteiger partial charge in [-0.2, -0.15) is 0 Å². The van der Waals surface area contributed by atoms with Gasteiger partial charge in [0.15, 0.2) is 5.82 Å². The lowest BCUT2D eigenvalue weighted by Crippen LogP contribution is -2.48. The van der Waals surface area contributed by atoms with Crippen molar-refractivity contribution in [2.45, 2.75) is 18.9 Å². The van der Waals surface area contributed by atoms with E-state index in [-0.39, 0.29) is 0 Å². The Morgan fingerprint density at radius 2 is 1.82 bits per heavy atom. The lowest BCUT2D eigenvalue weighted by atomic mass is 10.1. The van der Waals surface area contributed by atoms with Gasteiger partial charge in [0.2, 0.25) is 0 Å². The van der Waals surface area contributed by atoms with Gasteiger partial charge in [0, 0.05) is 68.2 Å². The highest BCUT2D eigenvalue weighted by Crippen LogP contribution is 2.39. The van der Waals surface area contributed by atoms with E-state index in [1.165, 1.54) is 24.0 Å². The molecule has 1 atom stereocenters. The second kappa shape index (κ2) is 9.17. The van der Waals surface area contributed by atoms with Gasteiger partial charge in [-0.25, -0.2) is 9.97 Å². The van der Waals surface area contributed by atoms with E-state index in [0.29, 0.717) is 6.10 Å². The maximum atomic E-state index is 5.86. The van der Waals surface area contributed by atoms with Crippen molar-refractivity contribution in [3.8, 4) is 22.5 Å². The van der Waals surface area contributed by atoms with E-state index in [1.807, 2.05) is 18.3 Å². The molecular weight excluding hydrogens is 430 g/mol. The van der Waals surface area contributed by atoms with Crippen molar-refractivity contribution in [2.24, 2.45) is 0 Å². The van der Waals surface area contributed by atoms with Crippen LogP contribution in [0.5, 0.6) is 0 Å². The van der Waals surface area contributed by atoms with Gasteiger partial charge in [-0.05, 0) is 30.5 Å². The summed E-state index contributed by atoms with van der Waals surface area (Å²) in [5, 5.41) is 3.38. The molecule has 0 aliphatic carbocycles. The Morgan fingerprint density at radius 1 is 0.970 bits per heavy atom. The summed E-state index contributed by atoms with van der Waals surface area (Å²) in [6.07, 6.45) is 6.42. The molecule has 7 heteroatoms. The number of benzene rings is 1. The lowest BCUT2D eigenvalue weighted by molar-refractivity contribution is 0.0712. The number of anilines is 1. The first-order valence-electron chi connectivity index (χ1n) is 11.7. The van der Waals surface area contributed by atoms with Crippen LogP contribution in [0, 0.1) is 0 Å². The minimum absolute atomic E-state index is 0.404. The van der Waals surface area contributed by atoms with Gasteiger partial charge >= 0.3 is 0 Å². The summed E-state index contributed by atoms with van der Waals surface area (Å²) < 4.78 is 5.86. The lowest BCUT2D eigenvalue weighted by Gasteiger charge is -2.36. The molecule has 168 valence electrons. The molecule has 3 aromatic heterocycles. The molecule has 33 heavy (non-hydrogen) atoms. The number of rotatable bonds is 5. The third kappa shape index (κ3) is 4.24. The third-order valence-corrected chi connectivity index (χ3v) is 7.45. The molecule has 5 heterocycles. The number of hydrogen-bond acceptors (Lipinski definition) is 7. The monoisotopic (exact) mass is 457 g/mol. The molecule has 0 amide bonds. The summed E-state index contributed by atoms with van der Waals surface area (Å²) in [6, 6.07) is 14.5. The predicted molar refractivity (Wildman–Crippen MR) is 134 cm³/mol. The Bertz CT molecular complexity index is 1220. The average molecular weight is 458 g/mol. The van der Waals surface area contributed by atoms with Crippen LogP contribution < -0.4 is 4.90 Å². The Balaban J connectivity index is 1.36. The number of aromatic nitrogens is 3. The highest BCUT2D eigenvalue weighted by molar-refractivity contribution is 7.17. The summed E-state index contributed by atoms with van der Waals surface area (Å²) >= 11 is 1.69. The Morgan fingerprint density at radius 3 is 2.58 bits per heavy atom. The Hall–Kier alpha value is -2.87. The first-order chi connectivity index (χ1) is 16.3. The average Bonchev–Trinajstić information content (AvgIpc) is 3.55. The number of fused-ring (bicyclic) bond motifs is 1. The molecular formula is C26H27N5OS. The molecule has 2 aliphatic rings. The van der Waals surface area contributed by atoms with Crippen molar-refractivity contribution in [1.29, 1.82) is 0 Å². The number of nitrogens with zero attached hydrogens (tertiary/aromatic N) is 5. The summed E-state index contributed by atoms with van der Waals surface area (Å²) in [7, 11) is 0. The van der Waals surface area contributed by atoms with E-state index < -0.39 is 0 Å². The van der Waals surface area contributed by atoms with E-state index in [0.717, 1.165) is 66.8 Å². The molecule has 4 aromatic rings. The second-order valence-corrected chi connectivity index (χ2v) is 9.59. The molecule has 0 N–H and O–H groups in total. The summed E-state index contributed by atoms with van der Waals surface area (Å²) in [5.74, 6) is 1.78. The van der Waals surface area contributed by atoms with Crippen molar-refractivity contribution in [3.63, 3.8) is 0 Å². The van der Waals surface area contributed by atoms with Crippen LogP contribution in [0.1, 0.15) is 12.8 Å². The summed E-state index contributed by atoms with van der Waals surface area (Å²) in [5.41, 5.74) is 3.37. The van der Waals surface area contributed by atoms with E-state index in [1.54, 1.807) is 17.5 Å². The Kier molecular flexibility index (Phi) is 5.76. The van der Waals surface area contributed by atoms with Gasteiger partial charge in [-0.15, -0.1) is 11.3 Å². The van der Waals surface area contributed by atoms with Crippen molar-refractivity contribution in [2.75, 3.05) is 44.2 Å². The molecule has 6 rings (SSSR count). The van der Waals surface area contributed by atoms with Crippen molar-refractivity contribution in [3.05, 3.63) is 60.2 Å². The first kappa shape index (κ1) is 20.7. The fourth-order valence-electron chi connectivity index (χ4n) is 4.83. The minimum Gasteiger partial charge on any atom is -0.377 e. The molecule has 0 saturated carbocycles. The van der Waals surface area contributed by atoms with Gasteiger partial charge in [-0.1, -0.05) is 30.3 Å². The Labute approximate surface area is 197 Å². The second-order valence-electron chi connectivity index (χ2n) is 8.73. The predicted octanol–water partition coefficient (Wildman–Crippen LogP) is 4.72. The molecule has 2 aliphatic heterocycles. The number of piperazine rings is 1. The van der Waals surface area contributed by atoms with E-state index in [4.69, 9.17) is 14.7 Å². The van der Waals surface area contributed by atoms with Crippen LogP contribution in [0.3, 0.4) is 0 Å². The van der Waals surface area contributed by atoms with Crippen LogP contribution in [0.4, 0.5) is 5.82 Å². The highest BCUT2D eigenvalue weighted by atomic mass is 32.1. The molecule has 0 spiro atoms. The molecule has 1 aromatic carbocycles. The zero-order valence-electron chi connectivity index (χ0n) is 18.6. The standard InChI is InChI=1S/C26H27N5OS/c1-2-6-19(7-3-1)22-18-33-26-23(22)25(28-24(29-26)20-8-4-10-27-16-20)31-13-11-30(12-14-31)17-21-9-5-15-32-21/h1-4,6-8,10,16,18,21H,5,9,11-15,17H2. The third-order valence-electron chi connectivity index (χ3n) is 6.58. The van der Waals surface area contributed by atoms with Gasteiger partial charge < -0.3 is 9.64 Å². The fourth-order valence-corrected chi connectivity index (χ4v) is 5.77. The number of thiophene rings is 1.